The zero-order valence-corrected chi connectivity index (χ0v) is 21.7. The summed E-state index contributed by atoms with van der Waals surface area (Å²) in [5, 5.41) is 50.5. The van der Waals surface area contributed by atoms with Crippen LogP contribution in [0.1, 0.15) is 31.8 Å². The molecule has 0 saturated heterocycles. The Bertz CT molecular complexity index is 1690. The van der Waals surface area contributed by atoms with Gasteiger partial charge in [0.05, 0.1) is 19.7 Å². The summed E-state index contributed by atoms with van der Waals surface area (Å²) in [6.07, 6.45) is -0.259. The second kappa shape index (κ2) is 12.3. The van der Waals surface area contributed by atoms with Gasteiger partial charge in [0.15, 0.2) is 0 Å². The molecule has 4 aromatic rings. The van der Waals surface area contributed by atoms with Gasteiger partial charge >= 0.3 is 0 Å². The SMILES string of the molecule is O=C(Nc1ccc(Cc2ccc(NC(=O)c3cccc([N+](=O)[O-])c3)cc2[N+](=O)[O-])c([N+](=O)[O-])c1)c1cccc([N+](=O)[O-])c1. The van der Waals surface area contributed by atoms with E-state index < -0.39 is 42.9 Å². The van der Waals surface area contributed by atoms with E-state index in [1.807, 2.05) is 0 Å². The Balaban J connectivity index is 1.56. The zero-order valence-electron chi connectivity index (χ0n) is 21.7. The van der Waals surface area contributed by atoms with E-state index in [4.69, 9.17) is 0 Å². The smallest absolute Gasteiger partial charge is 0.275 e. The highest BCUT2D eigenvalue weighted by atomic mass is 16.6. The fourth-order valence-corrected chi connectivity index (χ4v) is 4.06. The second-order valence-electron chi connectivity index (χ2n) is 8.90. The molecule has 16 heteroatoms. The molecule has 0 aliphatic heterocycles. The molecule has 16 nitrogen and oxygen atoms in total. The number of nitrogens with one attached hydrogen (secondary N) is 2. The third-order valence-electron chi connectivity index (χ3n) is 6.10. The molecular formula is C27H18N6O10. The van der Waals surface area contributed by atoms with Gasteiger partial charge < -0.3 is 10.6 Å². The molecule has 0 aliphatic carbocycles. The summed E-state index contributed by atoms with van der Waals surface area (Å²) < 4.78 is 0. The number of hydrogen-bond donors (Lipinski definition) is 2. The molecule has 0 heterocycles. The predicted molar refractivity (Wildman–Crippen MR) is 151 cm³/mol. The molecule has 4 aromatic carbocycles. The van der Waals surface area contributed by atoms with E-state index in [-0.39, 0.29) is 51.4 Å². The monoisotopic (exact) mass is 586 g/mol. The number of carbonyl (C=O) groups is 2. The Kier molecular flexibility index (Phi) is 8.41. The van der Waals surface area contributed by atoms with Crippen molar-refractivity contribution in [3.05, 3.63) is 148 Å². The number of nitrogens with zero attached hydrogens (tertiary/aromatic N) is 4. The van der Waals surface area contributed by atoms with Crippen LogP contribution < -0.4 is 10.6 Å². The van der Waals surface area contributed by atoms with Crippen molar-refractivity contribution in [2.24, 2.45) is 0 Å². The summed E-state index contributed by atoms with van der Waals surface area (Å²) in [5.41, 5.74) is -1.44. The topological polar surface area (TPSA) is 231 Å². The van der Waals surface area contributed by atoms with Crippen LogP contribution in [0.25, 0.3) is 0 Å². The van der Waals surface area contributed by atoms with Crippen LogP contribution in [-0.2, 0) is 6.42 Å². The van der Waals surface area contributed by atoms with Crippen LogP contribution in [0.15, 0.2) is 84.9 Å². The summed E-state index contributed by atoms with van der Waals surface area (Å²) in [7, 11) is 0. The number of nitro benzene ring substituents is 4. The quantitative estimate of drug-likeness (QED) is 0.177. The van der Waals surface area contributed by atoms with Gasteiger partial charge in [-0.15, -0.1) is 0 Å². The van der Waals surface area contributed by atoms with Crippen molar-refractivity contribution >= 4 is 45.9 Å². The summed E-state index contributed by atoms with van der Waals surface area (Å²) in [6, 6.07) is 17.2. The molecule has 0 saturated carbocycles. The van der Waals surface area contributed by atoms with Crippen molar-refractivity contribution in [2.75, 3.05) is 10.6 Å². The summed E-state index contributed by atoms with van der Waals surface area (Å²) in [6.45, 7) is 0. The largest absolute Gasteiger partial charge is 0.322 e. The van der Waals surface area contributed by atoms with E-state index in [0.29, 0.717) is 0 Å². The third-order valence-corrected chi connectivity index (χ3v) is 6.10. The normalized spacial score (nSPS) is 10.4. The number of carbonyl (C=O) groups excluding carboxylic acids is 2. The lowest BCUT2D eigenvalue weighted by Gasteiger charge is -2.10. The lowest BCUT2D eigenvalue weighted by atomic mass is 10.0. The van der Waals surface area contributed by atoms with Gasteiger partial charge in [-0.1, -0.05) is 12.1 Å². The van der Waals surface area contributed by atoms with Crippen LogP contribution in [0.2, 0.25) is 0 Å². The maximum Gasteiger partial charge on any atom is 0.275 e. The number of nitro groups is 4. The standard InChI is InChI=1S/C27H18N6O10/c34-26(18-3-1-5-22(12-18)30(36)37)28-20-9-7-16(24(14-20)32(40)41)11-17-8-10-21(15-25(17)33(42)43)29-27(35)19-4-2-6-23(13-19)31(38)39/h1-10,12-15H,11H2,(H,28,34)(H,29,35). The fraction of sp³-hybridized carbons (Fsp3) is 0.0370. The van der Waals surface area contributed by atoms with E-state index in [9.17, 15) is 50.0 Å². The average molecular weight is 586 g/mol. The Labute approximate surface area is 240 Å². The van der Waals surface area contributed by atoms with E-state index in [0.717, 1.165) is 24.3 Å². The van der Waals surface area contributed by atoms with Crippen LogP contribution in [0, 0.1) is 40.5 Å². The van der Waals surface area contributed by atoms with Gasteiger partial charge in [-0.2, -0.15) is 0 Å². The van der Waals surface area contributed by atoms with Crippen molar-refractivity contribution in [1.29, 1.82) is 0 Å². The van der Waals surface area contributed by atoms with Crippen molar-refractivity contribution in [2.45, 2.75) is 6.42 Å². The highest BCUT2D eigenvalue weighted by Gasteiger charge is 2.22. The molecule has 2 amide bonds. The first-order chi connectivity index (χ1) is 20.4. The Morgan fingerprint density at radius 3 is 1.28 bits per heavy atom. The zero-order chi connectivity index (χ0) is 31.3. The minimum Gasteiger partial charge on any atom is -0.322 e. The molecule has 0 fully saturated rings. The maximum absolute atomic E-state index is 12.6. The highest BCUT2D eigenvalue weighted by Crippen LogP contribution is 2.31. The third kappa shape index (κ3) is 6.95. The first-order valence-corrected chi connectivity index (χ1v) is 12.1. The van der Waals surface area contributed by atoms with Crippen LogP contribution in [0.3, 0.4) is 0 Å². The number of anilines is 2. The number of rotatable bonds is 10. The molecule has 0 unspecified atom stereocenters. The predicted octanol–water partition coefficient (Wildman–Crippen LogP) is 5.41. The number of non-ortho nitro benzene ring substituents is 2. The fourth-order valence-electron chi connectivity index (χ4n) is 4.06. The second-order valence-corrected chi connectivity index (χ2v) is 8.90. The van der Waals surface area contributed by atoms with E-state index in [1.54, 1.807) is 0 Å². The van der Waals surface area contributed by atoms with Gasteiger partial charge in [-0.05, 0) is 36.4 Å². The van der Waals surface area contributed by atoms with Crippen molar-refractivity contribution in [3.8, 4) is 0 Å². The molecule has 0 aliphatic rings. The minimum absolute atomic E-state index is 0.0145. The summed E-state index contributed by atoms with van der Waals surface area (Å²) in [4.78, 5) is 68.0. The van der Waals surface area contributed by atoms with E-state index in [1.165, 1.54) is 60.7 Å². The number of benzene rings is 4. The minimum atomic E-state index is -0.746. The molecule has 43 heavy (non-hydrogen) atoms. The van der Waals surface area contributed by atoms with Gasteiger partial charge in [-0.25, -0.2) is 0 Å². The van der Waals surface area contributed by atoms with Crippen LogP contribution >= 0.6 is 0 Å². The Morgan fingerprint density at radius 1 is 0.535 bits per heavy atom. The van der Waals surface area contributed by atoms with Crippen LogP contribution in [-0.4, -0.2) is 31.5 Å². The molecule has 2 N–H and O–H groups in total. The number of hydrogen-bond acceptors (Lipinski definition) is 10. The lowest BCUT2D eigenvalue weighted by Crippen LogP contribution is -2.13. The van der Waals surface area contributed by atoms with Crippen molar-refractivity contribution in [1.82, 2.24) is 0 Å². The van der Waals surface area contributed by atoms with Crippen molar-refractivity contribution in [3.63, 3.8) is 0 Å². The summed E-state index contributed by atoms with van der Waals surface area (Å²) in [5.74, 6) is -1.49. The van der Waals surface area contributed by atoms with Crippen LogP contribution in [0.4, 0.5) is 34.1 Å². The summed E-state index contributed by atoms with van der Waals surface area (Å²) >= 11 is 0. The Hall–Kier alpha value is -6.58. The molecule has 4 rings (SSSR count). The molecule has 216 valence electrons. The lowest BCUT2D eigenvalue weighted by molar-refractivity contribution is -0.386. The van der Waals surface area contributed by atoms with Gasteiger partial charge in [0, 0.05) is 76.4 Å². The molecule has 0 aromatic heterocycles. The average Bonchev–Trinajstić information content (AvgIpc) is 2.98. The number of amides is 2. The first kappa shape index (κ1) is 29.4. The molecule has 0 radical (unpaired) electrons. The van der Waals surface area contributed by atoms with E-state index >= 15 is 0 Å². The highest BCUT2D eigenvalue weighted by molar-refractivity contribution is 6.05. The molecule has 0 spiro atoms. The molecule has 0 bridgehead atoms. The molecular weight excluding hydrogens is 568 g/mol. The van der Waals surface area contributed by atoms with Gasteiger partial charge in [0.1, 0.15) is 0 Å². The van der Waals surface area contributed by atoms with E-state index in [2.05, 4.69) is 10.6 Å². The van der Waals surface area contributed by atoms with Crippen molar-refractivity contribution < 1.29 is 29.3 Å². The maximum atomic E-state index is 12.6. The molecule has 0 atom stereocenters. The Morgan fingerprint density at radius 2 is 0.930 bits per heavy atom. The van der Waals surface area contributed by atoms with Gasteiger partial charge in [0.2, 0.25) is 0 Å². The first-order valence-electron chi connectivity index (χ1n) is 12.1. The van der Waals surface area contributed by atoms with Crippen LogP contribution in [0.5, 0.6) is 0 Å². The van der Waals surface area contributed by atoms with Gasteiger partial charge in [0.25, 0.3) is 34.6 Å². The van der Waals surface area contributed by atoms with Gasteiger partial charge in [-0.3, -0.25) is 50.0 Å².